The van der Waals surface area contributed by atoms with Crippen molar-refractivity contribution < 1.29 is 14.3 Å². The number of aromatic nitrogens is 4. The third-order valence-corrected chi connectivity index (χ3v) is 7.55. The number of nitrogen functional groups attached to an aromatic ring is 1. The van der Waals surface area contributed by atoms with Crippen molar-refractivity contribution in [3.05, 3.63) is 103 Å². The van der Waals surface area contributed by atoms with Gasteiger partial charge in [0, 0.05) is 18.0 Å². The minimum atomic E-state index is -0.382. The molecule has 1 aliphatic rings. The smallest absolute Gasteiger partial charge is 0.407 e. The van der Waals surface area contributed by atoms with Gasteiger partial charge in [-0.1, -0.05) is 48.5 Å². The van der Waals surface area contributed by atoms with E-state index in [4.69, 9.17) is 20.2 Å². The molecule has 41 heavy (non-hydrogen) atoms. The number of nitrogens with zero attached hydrogens (tertiary/aromatic N) is 4. The van der Waals surface area contributed by atoms with Crippen LogP contribution in [0.3, 0.4) is 0 Å². The van der Waals surface area contributed by atoms with Crippen molar-refractivity contribution in [1.29, 1.82) is 0 Å². The van der Waals surface area contributed by atoms with E-state index in [0.717, 1.165) is 59.8 Å². The molecule has 9 heteroatoms. The largest absolute Gasteiger partial charge is 0.457 e. The third kappa shape index (κ3) is 6.14. The van der Waals surface area contributed by atoms with Gasteiger partial charge in [-0.15, -0.1) is 0 Å². The number of fused-ring (bicyclic) bond motifs is 1. The van der Waals surface area contributed by atoms with Crippen molar-refractivity contribution in [2.45, 2.75) is 38.2 Å². The van der Waals surface area contributed by atoms with E-state index in [1.165, 1.54) is 6.33 Å². The zero-order chi connectivity index (χ0) is 28.0. The third-order valence-electron chi connectivity index (χ3n) is 7.55. The van der Waals surface area contributed by atoms with Crippen LogP contribution in [0.5, 0.6) is 11.5 Å². The van der Waals surface area contributed by atoms with E-state index < -0.39 is 0 Å². The topological polar surface area (TPSA) is 117 Å². The number of hydrogen-bond donors (Lipinski definition) is 2. The zero-order valence-electron chi connectivity index (χ0n) is 22.6. The predicted octanol–water partition coefficient (Wildman–Crippen LogP) is 6.37. The lowest BCUT2D eigenvalue weighted by Crippen LogP contribution is -2.31. The van der Waals surface area contributed by atoms with Crippen molar-refractivity contribution in [3.63, 3.8) is 0 Å². The lowest BCUT2D eigenvalue weighted by molar-refractivity contribution is 0.136. The number of rotatable bonds is 8. The van der Waals surface area contributed by atoms with Gasteiger partial charge in [-0.2, -0.15) is 5.10 Å². The van der Waals surface area contributed by atoms with Crippen LogP contribution in [0.2, 0.25) is 0 Å². The molecule has 1 aliphatic carbocycles. The second kappa shape index (κ2) is 12.1. The number of anilines is 1. The van der Waals surface area contributed by atoms with E-state index in [0.29, 0.717) is 23.8 Å². The average molecular weight is 549 g/mol. The zero-order valence-corrected chi connectivity index (χ0v) is 22.6. The lowest BCUT2D eigenvalue weighted by Gasteiger charge is -2.27. The monoisotopic (exact) mass is 548 g/mol. The molecule has 0 unspecified atom stereocenters. The molecular formula is C32H32N6O3. The molecule has 3 aromatic carbocycles. The molecule has 1 saturated carbocycles. The Kier molecular flexibility index (Phi) is 7.75. The first-order chi connectivity index (χ1) is 20.1. The summed E-state index contributed by atoms with van der Waals surface area (Å²) in [6.45, 7) is 0.864. The number of alkyl carbamates (subject to hydrolysis) is 1. The number of imidazole rings is 1. The number of nitrogens with two attached hydrogens (primary N) is 1. The Labute approximate surface area is 238 Å². The first-order valence-electron chi connectivity index (χ1n) is 13.9. The minimum absolute atomic E-state index is 0.229. The summed E-state index contributed by atoms with van der Waals surface area (Å²) in [5.41, 5.74) is 9.69. The van der Waals surface area contributed by atoms with Gasteiger partial charge in [-0.3, -0.25) is 0 Å². The molecule has 0 saturated heterocycles. The second-order valence-corrected chi connectivity index (χ2v) is 10.3. The van der Waals surface area contributed by atoms with Gasteiger partial charge in [-0.25, -0.2) is 19.3 Å². The molecule has 0 bridgehead atoms. The van der Waals surface area contributed by atoms with Crippen molar-refractivity contribution in [3.8, 4) is 22.8 Å². The quantitative estimate of drug-likeness (QED) is 0.232. The molecular weight excluding hydrogens is 516 g/mol. The molecule has 1 fully saturated rings. The predicted molar refractivity (Wildman–Crippen MR) is 156 cm³/mol. The molecule has 208 valence electrons. The number of para-hydroxylation sites is 1. The standard InChI is InChI=1S/C32H32N6O3/c33-30-29-28(24-15-17-27(18-16-24)41-26-9-5-2-6-10-26)37-31(38(29)36-21-35-30)25-13-11-22(12-14-25)19-34-32(39)40-20-23-7-3-1-4-8-23/h1-10,15-18,21-22,25H,11-14,19-20H2,(H,34,39)(H2,33,35,36)/t22-,25-. The number of carbonyl (C=O) groups is 1. The Morgan fingerprint density at radius 2 is 1.59 bits per heavy atom. The molecule has 2 aromatic heterocycles. The summed E-state index contributed by atoms with van der Waals surface area (Å²) >= 11 is 0. The maximum Gasteiger partial charge on any atom is 0.407 e. The molecule has 6 rings (SSSR count). The summed E-state index contributed by atoms with van der Waals surface area (Å²) in [4.78, 5) is 21.5. The number of nitrogens with one attached hydrogen (secondary N) is 1. The van der Waals surface area contributed by atoms with Gasteiger partial charge >= 0.3 is 6.09 Å². The minimum Gasteiger partial charge on any atom is -0.457 e. The van der Waals surface area contributed by atoms with Gasteiger partial charge in [0.15, 0.2) is 5.82 Å². The van der Waals surface area contributed by atoms with Crippen LogP contribution in [-0.4, -0.2) is 32.2 Å². The number of carbonyl (C=O) groups excluding carboxylic acids is 1. The maximum absolute atomic E-state index is 12.2. The van der Waals surface area contributed by atoms with Gasteiger partial charge < -0.3 is 20.5 Å². The Hall–Kier alpha value is -4.92. The van der Waals surface area contributed by atoms with Gasteiger partial charge in [-0.05, 0) is 73.6 Å². The van der Waals surface area contributed by atoms with Crippen LogP contribution in [0, 0.1) is 5.92 Å². The van der Waals surface area contributed by atoms with E-state index in [-0.39, 0.29) is 18.6 Å². The van der Waals surface area contributed by atoms with Crippen LogP contribution in [0.15, 0.2) is 91.3 Å². The molecule has 0 aliphatic heterocycles. The highest BCUT2D eigenvalue weighted by Gasteiger charge is 2.28. The number of amides is 1. The summed E-state index contributed by atoms with van der Waals surface area (Å²) in [6, 6.07) is 27.2. The number of ether oxygens (including phenoxy) is 2. The van der Waals surface area contributed by atoms with Gasteiger partial charge in [0.1, 0.15) is 41.5 Å². The normalized spacial score (nSPS) is 16.8. The summed E-state index contributed by atoms with van der Waals surface area (Å²) < 4.78 is 13.1. The molecule has 2 heterocycles. The molecule has 9 nitrogen and oxygen atoms in total. The summed E-state index contributed by atoms with van der Waals surface area (Å²) in [5.74, 6) is 3.42. The highest BCUT2D eigenvalue weighted by atomic mass is 16.5. The summed E-state index contributed by atoms with van der Waals surface area (Å²) in [7, 11) is 0. The fourth-order valence-electron chi connectivity index (χ4n) is 5.37. The van der Waals surface area contributed by atoms with E-state index in [9.17, 15) is 4.79 Å². The van der Waals surface area contributed by atoms with Crippen molar-refractivity contribution >= 4 is 17.4 Å². The Morgan fingerprint density at radius 1 is 0.902 bits per heavy atom. The van der Waals surface area contributed by atoms with Crippen LogP contribution in [0.1, 0.15) is 43.0 Å². The number of benzene rings is 3. The Bertz CT molecular complexity index is 1600. The van der Waals surface area contributed by atoms with Crippen LogP contribution < -0.4 is 15.8 Å². The lowest BCUT2D eigenvalue weighted by atomic mass is 9.81. The molecule has 0 atom stereocenters. The average Bonchev–Trinajstić information content (AvgIpc) is 3.42. The van der Waals surface area contributed by atoms with E-state index in [1.807, 2.05) is 89.4 Å². The maximum atomic E-state index is 12.2. The van der Waals surface area contributed by atoms with Crippen molar-refractivity contribution in [1.82, 2.24) is 24.9 Å². The highest BCUT2D eigenvalue weighted by Crippen LogP contribution is 2.38. The van der Waals surface area contributed by atoms with Gasteiger partial charge in [0.2, 0.25) is 0 Å². The first kappa shape index (κ1) is 26.3. The van der Waals surface area contributed by atoms with E-state index >= 15 is 0 Å². The van der Waals surface area contributed by atoms with Crippen molar-refractivity contribution in [2.75, 3.05) is 12.3 Å². The summed E-state index contributed by atoms with van der Waals surface area (Å²) in [6.07, 6.45) is 4.92. The molecule has 3 N–H and O–H groups in total. The van der Waals surface area contributed by atoms with Crippen LogP contribution in [-0.2, 0) is 11.3 Å². The molecule has 0 spiro atoms. The highest BCUT2D eigenvalue weighted by molar-refractivity contribution is 5.85. The number of hydrogen-bond acceptors (Lipinski definition) is 7. The Morgan fingerprint density at radius 3 is 2.32 bits per heavy atom. The van der Waals surface area contributed by atoms with Crippen molar-refractivity contribution in [2.24, 2.45) is 5.92 Å². The summed E-state index contributed by atoms with van der Waals surface area (Å²) in [5, 5.41) is 7.46. The fourth-order valence-corrected chi connectivity index (χ4v) is 5.37. The molecule has 1 amide bonds. The fraction of sp³-hybridized carbons (Fsp3) is 0.250. The van der Waals surface area contributed by atoms with Crippen LogP contribution in [0.25, 0.3) is 16.8 Å². The Balaban J connectivity index is 1.10. The van der Waals surface area contributed by atoms with Gasteiger partial charge in [0.25, 0.3) is 0 Å². The van der Waals surface area contributed by atoms with Crippen LogP contribution in [0.4, 0.5) is 10.6 Å². The second-order valence-electron chi connectivity index (χ2n) is 10.3. The van der Waals surface area contributed by atoms with E-state index in [1.54, 1.807) is 0 Å². The SMILES string of the molecule is Nc1ncnn2c1c(-c1ccc(Oc3ccccc3)cc1)nc2[C@H]1CC[C@H](CNC(=O)OCc2ccccc2)CC1. The molecule has 5 aromatic rings. The first-order valence-corrected chi connectivity index (χ1v) is 13.9. The molecule has 0 radical (unpaired) electrons. The van der Waals surface area contributed by atoms with E-state index in [2.05, 4.69) is 15.4 Å². The van der Waals surface area contributed by atoms with Gasteiger partial charge in [0.05, 0.1) is 0 Å². The van der Waals surface area contributed by atoms with Crippen LogP contribution >= 0.6 is 0 Å².